The lowest BCUT2D eigenvalue weighted by molar-refractivity contribution is 0.100. The van der Waals surface area contributed by atoms with Crippen LogP contribution in [-0.2, 0) is 4.74 Å². The van der Waals surface area contributed by atoms with Crippen LogP contribution >= 0.6 is 0 Å². The molecule has 6 N–H and O–H groups in total. The molecule has 0 spiro atoms. The summed E-state index contributed by atoms with van der Waals surface area (Å²) in [5, 5.41) is 5.89. The van der Waals surface area contributed by atoms with E-state index in [1.54, 1.807) is 4.90 Å². The quantitative estimate of drug-likeness (QED) is 0.530. The van der Waals surface area contributed by atoms with E-state index in [9.17, 15) is 13.6 Å². The standard InChI is InChI=1S/C21H27F2N7O2/c22-14-10-13(18(25)31)19(29-20(14)28-17-4-2-1-3-16(17)24)27-12-9-15(23)21(26-11-12)30-5-7-32-8-6-30/h9-11,16-17H,1-8,24H2,(H2,25,31)(H2,27,28,29)/t16-,17+/m0/s1. The molecule has 0 aromatic carbocycles. The topological polar surface area (TPSA) is 131 Å². The number of pyridine rings is 2. The monoisotopic (exact) mass is 447 g/mol. The van der Waals surface area contributed by atoms with E-state index < -0.39 is 17.5 Å². The van der Waals surface area contributed by atoms with Crippen LogP contribution in [0.1, 0.15) is 36.0 Å². The fourth-order valence-corrected chi connectivity index (χ4v) is 4.03. The zero-order chi connectivity index (χ0) is 22.7. The van der Waals surface area contributed by atoms with Crippen LogP contribution in [0.3, 0.4) is 0 Å². The van der Waals surface area contributed by atoms with E-state index >= 15 is 0 Å². The van der Waals surface area contributed by atoms with Gasteiger partial charge in [0.15, 0.2) is 23.3 Å². The van der Waals surface area contributed by atoms with Crippen molar-refractivity contribution in [1.82, 2.24) is 9.97 Å². The van der Waals surface area contributed by atoms with Gasteiger partial charge in [-0.3, -0.25) is 4.79 Å². The molecule has 1 aliphatic carbocycles. The molecule has 32 heavy (non-hydrogen) atoms. The lowest BCUT2D eigenvalue weighted by Gasteiger charge is -2.30. The van der Waals surface area contributed by atoms with Crippen LogP contribution in [0.15, 0.2) is 18.3 Å². The van der Waals surface area contributed by atoms with Gasteiger partial charge in [0.1, 0.15) is 5.82 Å². The van der Waals surface area contributed by atoms with Crippen LogP contribution in [0.4, 0.5) is 31.9 Å². The number of hydrogen-bond donors (Lipinski definition) is 4. The number of nitrogens with zero attached hydrogens (tertiary/aromatic N) is 3. The van der Waals surface area contributed by atoms with Crippen LogP contribution in [0.2, 0.25) is 0 Å². The highest BCUT2D eigenvalue weighted by Gasteiger charge is 2.25. The maximum absolute atomic E-state index is 14.7. The third-order valence-corrected chi connectivity index (χ3v) is 5.78. The number of halogens is 2. The normalized spacial score (nSPS) is 21.3. The Labute approximate surface area is 184 Å². The van der Waals surface area contributed by atoms with Crippen molar-refractivity contribution in [3.63, 3.8) is 0 Å². The number of anilines is 4. The number of primary amides is 1. The maximum atomic E-state index is 14.7. The summed E-state index contributed by atoms with van der Waals surface area (Å²) in [6.45, 7) is 2.09. The minimum Gasteiger partial charge on any atom is -0.378 e. The molecule has 2 aromatic heterocycles. The van der Waals surface area contributed by atoms with Crippen molar-refractivity contribution in [2.45, 2.75) is 37.8 Å². The molecule has 0 unspecified atom stereocenters. The van der Waals surface area contributed by atoms with Gasteiger partial charge in [0.2, 0.25) is 0 Å². The molecular formula is C21H27F2N7O2. The Bertz CT molecular complexity index is 985. The molecule has 1 amide bonds. The van der Waals surface area contributed by atoms with Gasteiger partial charge in [0.05, 0.1) is 30.7 Å². The number of carbonyl (C=O) groups is 1. The first kappa shape index (κ1) is 22.2. The second-order valence-corrected chi connectivity index (χ2v) is 8.03. The molecule has 11 heteroatoms. The molecule has 172 valence electrons. The highest BCUT2D eigenvalue weighted by Crippen LogP contribution is 2.28. The highest BCUT2D eigenvalue weighted by molar-refractivity contribution is 5.98. The molecule has 1 saturated carbocycles. The van der Waals surface area contributed by atoms with Crippen molar-refractivity contribution in [3.05, 3.63) is 35.5 Å². The first-order valence-corrected chi connectivity index (χ1v) is 10.7. The van der Waals surface area contributed by atoms with Gasteiger partial charge in [-0.1, -0.05) is 12.8 Å². The van der Waals surface area contributed by atoms with Gasteiger partial charge < -0.3 is 31.7 Å². The Kier molecular flexibility index (Phi) is 6.66. The Morgan fingerprint density at radius 1 is 1.12 bits per heavy atom. The highest BCUT2D eigenvalue weighted by atomic mass is 19.1. The van der Waals surface area contributed by atoms with Crippen molar-refractivity contribution in [2.75, 3.05) is 41.8 Å². The van der Waals surface area contributed by atoms with E-state index in [-0.39, 0.29) is 40.8 Å². The predicted octanol–water partition coefficient (Wildman–Crippen LogP) is 2.12. The molecule has 2 aromatic rings. The van der Waals surface area contributed by atoms with E-state index in [1.165, 1.54) is 12.3 Å². The first-order chi connectivity index (χ1) is 15.4. The lowest BCUT2D eigenvalue weighted by atomic mass is 9.91. The molecule has 2 atom stereocenters. The van der Waals surface area contributed by atoms with Gasteiger partial charge in [-0.25, -0.2) is 18.7 Å². The summed E-state index contributed by atoms with van der Waals surface area (Å²) in [5.41, 5.74) is 11.7. The average Bonchev–Trinajstić information content (AvgIpc) is 2.78. The van der Waals surface area contributed by atoms with Gasteiger partial charge in [0, 0.05) is 31.2 Å². The Hall–Kier alpha value is -3.05. The third kappa shape index (κ3) is 4.89. The Morgan fingerprint density at radius 2 is 1.88 bits per heavy atom. The van der Waals surface area contributed by atoms with Crippen LogP contribution in [0.5, 0.6) is 0 Å². The summed E-state index contributed by atoms with van der Waals surface area (Å²) < 4.78 is 34.6. The molecule has 9 nitrogen and oxygen atoms in total. The van der Waals surface area contributed by atoms with Crippen molar-refractivity contribution in [1.29, 1.82) is 0 Å². The minimum atomic E-state index is -0.863. The SMILES string of the molecule is NC(=O)c1cc(F)c(N[C@@H]2CCCC[C@@H]2N)nc1Nc1cnc(N2CCOCC2)c(F)c1. The largest absolute Gasteiger partial charge is 0.378 e. The van der Waals surface area contributed by atoms with Gasteiger partial charge in [-0.2, -0.15) is 0 Å². The molecule has 3 heterocycles. The second kappa shape index (κ2) is 9.61. The number of rotatable bonds is 6. The van der Waals surface area contributed by atoms with E-state index in [4.69, 9.17) is 16.2 Å². The summed E-state index contributed by atoms with van der Waals surface area (Å²) in [7, 11) is 0. The zero-order valence-electron chi connectivity index (χ0n) is 17.6. The molecule has 1 aliphatic heterocycles. The van der Waals surface area contributed by atoms with Crippen molar-refractivity contribution < 1.29 is 18.3 Å². The van der Waals surface area contributed by atoms with E-state index in [1.807, 2.05) is 0 Å². The smallest absolute Gasteiger partial charge is 0.252 e. The number of carbonyl (C=O) groups excluding carboxylic acids is 1. The summed E-state index contributed by atoms with van der Waals surface area (Å²) in [4.78, 5) is 22.1. The summed E-state index contributed by atoms with van der Waals surface area (Å²) in [6, 6.07) is 2.01. The second-order valence-electron chi connectivity index (χ2n) is 8.03. The summed E-state index contributed by atoms with van der Waals surface area (Å²) >= 11 is 0. The van der Waals surface area contributed by atoms with Crippen LogP contribution in [0.25, 0.3) is 0 Å². The van der Waals surface area contributed by atoms with Crippen molar-refractivity contribution in [3.8, 4) is 0 Å². The zero-order valence-corrected chi connectivity index (χ0v) is 17.6. The molecule has 2 aliphatic rings. The number of amides is 1. The summed E-state index contributed by atoms with van der Waals surface area (Å²) in [5.74, 6) is -1.93. The number of ether oxygens (including phenoxy) is 1. The van der Waals surface area contributed by atoms with E-state index in [0.717, 1.165) is 31.7 Å². The third-order valence-electron chi connectivity index (χ3n) is 5.78. The van der Waals surface area contributed by atoms with Gasteiger partial charge in [-0.15, -0.1) is 0 Å². The molecule has 0 bridgehead atoms. The van der Waals surface area contributed by atoms with E-state index in [0.29, 0.717) is 26.3 Å². The predicted molar refractivity (Wildman–Crippen MR) is 117 cm³/mol. The Balaban J connectivity index is 1.59. The van der Waals surface area contributed by atoms with E-state index in [2.05, 4.69) is 20.6 Å². The number of aromatic nitrogens is 2. The maximum Gasteiger partial charge on any atom is 0.252 e. The number of morpholine rings is 1. The van der Waals surface area contributed by atoms with Crippen LogP contribution < -0.4 is 27.0 Å². The number of nitrogens with two attached hydrogens (primary N) is 2. The number of hydrogen-bond acceptors (Lipinski definition) is 8. The summed E-state index contributed by atoms with van der Waals surface area (Å²) in [6.07, 6.45) is 5.07. The molecular weight excluding hydrogens is 420 g/mol. The lowest BCUT2D eigenvalue weighted by Crippen LogP contribution is -2.43. The van der Waals surface area contributed by atoms with Gasteiger partial charge in [0.25, 0.3) is 5.91 Å². The first-order valence-electron chi connectivity index (χ1n) is 10.7. The molecule has 4 rings (SSSR count). The minimum absolute atomic E-state index is 0.00565. The van der Waals surface area contributed by atoms with Crippen LogP contribution in [-0.4, -0.2) is 54.3 Å². The average molecular weight is 447 g/mol. The molecule has 0 radical (unpaired) electrons. The van der Waals surface area contributed by atoms with Crippen molar-refractivity contribution >= 4 is 29.0 Å². The van der Waals surface area contributed by atoms with Gasteiger partial charge in [-0.05, 0) is 18.9 Å². The molecule has 2 fully saturated rings. The fourth-order valence-electron chi connectivity index (χ4n) is 4.03. The van der Waals surface area contributed by atoms with Crippen LogP contribution in [0, 0.1) is 11.6 Å². The Morgan fingerprint density at radius 3 is 2.56 bits per heavy atom. The number of nitrogens with one attached hydrogen (secondary N) is 2. The molecule has 1 saturated heterocycles. The fraction of sp³-hybridized carbons (Fsp3) is 0.476. The van der Waals surface area contributed by atoms with Crippen molar-refractivity contribution in [2.24, 2.45) is 11.5 Å². The van der Waals surface area contributed by atoms with Gasteiger partial charge >= 0.3 is 0 Å².